The third-order valence-corrected chi connectivity index (χ3v) is 3.43. The molecule has 0 spiro atoms. The molecule has 2 aromatic rings. The minimum absolute atomic E-state index is 0.0457. The van der Waals surface area contributed by atoms with Crippen molar-refractivity contribution in [3.05, 3.63) is 58.6 Å². The first-order chi connectivity index (χ1) is 10.6. The maximum absolute atomic E-state index is 11.9. The van der Waals surface area contributed by atoms with E-state index in [1.165, 1.54) is 7.11 Å². The number of benzene rings is 2. The Labute approximate surface area is 136 Å². The molecule has 0 saturated carbocycles. The van der Waals surface area contributed by atoms with Crippen molar-refractivity contribution in [1.29, 1.82) is 0 Å². The lowest BCUT2D eigenvalue weighted by molar-refractivity contribution is -0.114. The Bertz CT molecular complexity index is 671. The highest BCUT2D eigenvalue weighted by Crippen LogP contribution is 2.16. The molecule has 2 aromatic carbocycles. The lowest BCUT2D eigenvalue weighted by atomic mass is 10.2. The molecule has 0 heterocycles. The Morgan fingerprint density at radius 2 is 1.77 bits per heavy atom. The van der Waals surface area contributed by atoms with E-state index in [-0.39, 0.29) is 12.5 Å². The van der Waals surface area contributed by atoms with Crippen molar-refractivity contribution in [2.24, 2.45) is 0 Å². The first kappa shape index (κ1) is 16.0. The summed E-state index contributed by atoms with van der Waals surface area (Å²) in [5, 5.41) is 5.70. The fraction of sp³-hybridized carbons (Fsp3) is 0.125. The van der Waals surface area contributed by atoms with E-state index in [9.17, 15) is 9.59 Å². The van der Waals surface area contributed by atoms with E-state index >= 15 is 0 Å². The van der Waals surface area contributed by atoms with Gasteiger partial charge >= 0.3 is 5.97 Å². The Kier molecular flexibility index (Phi) is 5.55. The summed E-state index contributed by atoms with van der Waals surface area (Å²) in [4.78, 5) is 23.6. The van der Waals surface area contributed by atoms with Crippen molar-refractivity contribution in [3.63, 3.8) is 0 Å². The van der Waals surface area contributed by atoms with Crippen molar-refractivity contribution < 1.29 is 14.3 Å². The van der Waals surface area contributed by atoms with Crippen LogP contribution in [-0.4, -0.2) is 25.5 Å². The van der Waals surface area contributed by atoms with Crippen LogP contribution in [0.1, 0.15) is 10.4 Å². The molecule has 5 nitrogen and oxygen atoms in total. The number of methoxy groups -OCH3 is 1. The van der Waals surface area contributed by atoms with E-state index in [1.807, 2.05) is 12.1 Å². The fourth-order valence-corrected chi connectivity index (χ4v) is 2.10. The van der Waals surface area contributed by atoms with Crippen LogP contribution in [0.2, 0.25) is 0 Å². The number of hydrogen-bond acceptors (Lipinski definition) is 4. The maximum atomic E-state index is 11.9. The number of para-hydroxylation sites is 1. The normalized spacial score (nSPS) is 9.91. The molecule has 22 heavy (non-hydrogen) atoms. The first-order valence-corrected chi connectivity index (χ1v) is 7.36. The largest absolute Gasteiger partial charge is 0.465 e. The number of carbonyl (C=O) groups is 2. The molecule has 0 saturated heterocycles. The van der Waals surface area contributed by atoms with Crippen molar-refractivity contribution in [3.8, 4) is 0 Å². The van der Waals surface area contributed by atoms with Gasteiger partial charge < -0.3 is 15.4 Å². The molecule has 2 N–H and O–H groups in total. The molecule has 0 bridgehead atoms. The zero-order chi connectivity index (χ0) is 15.9. The van der Waals surface area contributed by atoms with Crippen LogP contribution in [0.3, 0.4) is 0 Å². The Morgan fingerprint density at radius 1 is 1.09 bits per heavy atom. The van der Waals surface area contributed by atoms with E-state index in [0.717, 1.165) is 4.47 Å². The highest BCUT2D eigenvalue weighted by Gasteiger charge is 2.11. The van der Waals surface area contributed by atoms with E-state index in [0.29, 0.717) is 16.9 Å². The Morgan fingerprint density at radius 3 is 2.45 bits per heavy atom. The monoisotopic (exact) mass is 362 g/mol. The van der Waals surface area contributed by atoms with Crippen LogP contribution < -0.4 is 10.6 Å². The van der Waals surface area contributed by atoms with Gasteiger partial charge in [0, 0.05) is 15.8 Å². The van der Waals surface area contributed by atoms with E-state index in [4.69, 9.17) is 4.74 Å². The second kappa shape index (κ2) is 7.61. The van der Waals surface area contributed by atoms with Crippen molar-refractivity contribution in [2.45, 2.75) is 0 Å². The van der Waals surface area contributed by atoms with Crippen LogP contribution in [0.4, 0.5) is 11.4 Å². The lowest BCUT2D eigenvalue weighted by Crippen LogP contribution is -2.22. The topological polar surface area (TPSA) is 67.4 Å². The van der Waals surface area contributed by atoms with Crippen LogP contribution >= 0.6 is 15.9 Å². The number of halogens is 1. The van der Waals surface area contributed by atoms with Gasteiger partial charge in [0.15, 0.2) is 0 Å². The van der Waals surface area contributed by atoms with E-state index < -0.39 is 5.97 Å². The molecule has 6 heteroatoms. The predicted octanol–water partition coefficient (Wildman–Crippen LogP) is 3.29. The van der Waals surface area contributed by atoms with Gasteiger partial charge in [-0.25, -0.2) is 4.79 Å². The van der Waals surface area contributed by atoms with Gasteiger partial charge in [0.25, 0.3) is 0 Å². The molecule has 0 atom stereocenters. The summed E-state index contributed by atoms with van der Waals surface area (Å²) in [5.41, 5.74) is 1.65. The van der Waals surface area contributed by atoms with Crippen molar-refractivity contribution in [2.75, 3.05) is 24.3 Å². The molecule has 2 rings (SSSR count). The number of rotatable bonds is 5. The van der Waals surface area contributed by atoms with Crippen LogP contribution in [0.15, 0.2) is 53.0 Å². The van der Waals surface area contributed by atoms with Crippen LogP contribution in [0.25, 0.3) is 0 Å². The second-order valence-electron chi connectivity index (χ2n) is 4.45. The molecular formula is C16H15BrN2O3. The van der Waals surface area contributed by atoms with E-state index in [2.05, 4.69) is 26.6 Å². The van der Waals surface area contributed by atoms with Gasteiger partial charge in [0.05, 0.1) is 19.2 Å². The van der Waals surface area contributed by atoms with Gasteiger partial charge in [-0.05, 0) is 36.4 Å². The molecule has 1 amide bonds. The molecule has 0 aliphatic rings. The molecule has 114 valence electrons. The van der Waals surface area contributed by atoms with Crippen LogP contribution in [-0.2, 0) is 9.53 Å². The summed E-state index contributed by atoms with van der Waals surface area (Å²) in [6.07, 6.45) is 0. The third-order valence-electron chi connectivity index (χ3n) is 2.90. The highest BCUT2D eigenvalue weighted by molar-refractivity contribution is 9.10. The number of hydrogen-bond donors (Lipinski definition) is 2. The number of carbonyl (C=O) groups excluding carboxylic acids is 2. The summed E-state index contributed by atoms with van der Waals surface area (Å²) in [6, 6.07) is 14.2. The standard InChI is InChI=1S/C16H15BrN2O3/c1-22-16(21)13-4-2-3-5-14(13)18-10-15(20)19-12-8-6-11(17)7-9-12/h2-9,18H,10H2,1H3,(H,19,20). The smallest absolute Gasteiger partial charge is 0.339 e. The quantitative estimate of drug-likeness (QED) is 0.800. The van der Waals surface area contributed by atoms with Crippen LogP contribution in [0, 0.1) is 0 Å². The third kappa shape index (κ3) is 4.33. The SMILES string of the molecule is COC(=O)c1ccccc1NCC(=O)Nc1ccc(Br)cc1. The minimum Gasteiger partial charge on any atom is -0.465 e. The average Bonchev–Trinajstić information content (AvgIpc) is 2.54. The summed E-state index contributed by atoms with van der Waals surface area (Å²) in [6.45, 7) is 0.0457. The molecule has 0 aromatic heterocycles. The van der Waals surface area contributed by atoms with Gasteiger partial charge in [0.2, 0.25) is 5.91 Å². The van der Waals surface area contributed by atoms with Gasteiger partial charge in [0.1, 0.15) is 0 Å². The Balaban J connectivity index is 1.96. The summed E-state index contributed by atoms with van der Waals surface area (Å²) in [7, 11) is 1.32. The molecule has 0 unspecified atom stereocenters. The minimum atomic E-state index is -0.448. The lowest BCUT2D eigenvalue weighted by Gasteiger charge is -2.11. The summed E-state index contributed by atoms with van der Waals surface area (Å²) in [5.74, 6) is -0.654. The van der Waals surface area contributed by atoms with E-state index in [1.54, 1.807) is 36.4 Å². The zero-order valence-electron chi connectivity index (χ0n) is 11.9. The molecular weight excluding hydrogens is 348 g/mol. The van der Waals surface area contributed by atoms with Crippen molar-refractivity contribution in [1.82, 2.24) is 0 Å². The zero-order valence-corrected chi connectivity index (χ0v) is 13.5. The van der Waals surface area contributed by atoms with Gasteiger partial charge in [-0.15, -0.1) is 0 Å². The summed E-state index contributed by atoms with van der Waals surface area (Å²) >= 11 is 3.33. The molecule has 0 fully saturated rings. The number of anilines is 2. The molecule has 0 aliphatic carbocycles. The van der Waals surface area contributed by atoms with Gasteiger partial charge in [-0.3, -0.25) is 4.79 Å². The maximum Gasteiger partial charge on any atom is 0.339 e. The first-order valence-electron chi connectivity index (χ1n) is 6.57. The number of esters is 1. The number of amides is 1. The van der Waals surface area contributed by atoms with Crippen molar-refractivity contribution >= 4 is 39.2 Å². The fourth-order valence-electron chi connectivity index (χ4n) is 1.84. The van der Waals surface area contributed by atoms with Crippen LogP contribution in [0.5, 0.6) is 0 Å². The molecule has 0 aliphatic heterocycles. The number of ether oxygens (including phenoxy) is 1. The van der Waals surface area contributed by atoms with Gasteiger partial charge in [-0.2, -0.15) is 0 Å². The highest BCUT2D eigenvalue weighted by atomic mass is 79.9. The summed E-state index contributed by atoms with van der Waals surface area (Å²) < 4.78 is 5.65. The number of nitrogens with one attached hydrogen (secondary N) is 2. The van der Waals surface area contributed by atoms with Gasteiger partial charge in [-0.1, -0.05) is 28.1 Å². The average molecular weight is 363 g/mol. The second-order valence-corrected chi connectivity index (χ2v) is 5.36. The predicted molar refractivity (Wildman–Crippen MR) is 89.0 cm³/mol. The Hall–Kier alpha value is -2.34. The molecule has 0 radical (unpaired) electrons.